The molecule has 3 unspecified atom stereocenters. The number of hydrogen-bond donors (Lipinski definition) is 1. The second kappa shape index (κ2) is 3.48. The maximum Gasteiger partial charge on any atom is 0.161 e. The highest BCUT2D eigenvalue weighted by atomic mass is 16.5. The number of methoxy groups -OCH3 is 1. The van der Waals surface area contributed by atoms with Gasteiger partial charge in [-0.25, -0.2) is 0 Å². The molecule has 2 aliphatic rings. The van der Waals surface area contributed by atoms with Gasteiger partial charge in [0.2, 0.25) is 0 Å². The summed E-state index contributed by atoms with van der Waals surface area (Å²) >= 11 is 0. The lowest BCUT2D eigenvalue weighted by Gasteiger charge is -2.21. The van der Waals surface area contributed by atoms with Crippen molar-refractivity contribution in [1.82, 2.24) is 9.78 Å². The van der Waals surface area contributed by atoms with E-state index in [0.29, 0.717) is 5.92 Å². The zero-order valence-corrected chi connectivity index (χ0v) is 9.89. The van der Waals surface area contributed by atoms with Crippen molar-refractivity contribution in [3.63, 3.8) is 0 Å². The smallest absolute Gasteiger partial charge is 0.161 e. The highest BCUT2D eigenvalue weighted by Crippen LogP contribution is 2.57. The number of aryl methyl sites for hydroxylation is 1. The summed E-state index contributed by atoms with van der Waals surface area (Å²) in [6.45, 7) is 0. The Morgan fingerprint density at radius 2 is 2.12 bits per heavy atom. The Hall–Kier alpha value is -1.03. The van der Waals surface area contributed by atoms with Gasteiger partial charge in [0.15, 0.2) is 5.75 Å². The minimum absolute atomic E-state index is 0.0789. The standard InChI is InChI=1S/C12H19N3O/c1-15-12(10(16-2)6-14-15)11(13)9-4-7-3-8(7)5-9/h6-9,11H,3-5,13H2,1-2H3. The highest BCUT2D eigenvalue weighted by Gasteiger charge is 2.48. The number of ether oxygens (including phenoxy) is 1. The first-order valence-corrected chi connectivity index (χ1v) is 6.02. The highest BCUT2D eigenvalue weighted by molar-refractivity contribution is 5.29. The first-order valence-electron chi connectivity index (χ1n) is 6.02. The number of aromatic nitrogens is 2. The van der Waals surface area contributed by atoms with Crippen molar-refractivity contribution in [3.8, 4) is 5.75 Å². The zero-order chi connectivity index (χ0) is 11.3. The Morgan fingerprint density at radius 1 is 1.44 bits per heavy atom. The van der Waals surface area contributed by atoms with Crippen LogP contribution in [0.5, 0.6) is 5.75 Å². The van der Waals surface area contributed by atoms with Crippen LogP contribution < -0.4 is 10.5 Å². The van der Waals surface area contributed by atoms with E-state index in [1.54, 1.807) is 13.3 Å². The van der Waals surface area contributed by atoms with Gasteiger partial charge in [-0.1, -0.05) is 0 Å². The molecule has 1 heterocycles. The lowest BCUT2D eigenvalue weighted by atomic mass is 9.92. The Morgan fingerprint density at radius 3 is 2.75 bits per heavy atom. The predicted octanol–water partition coefficient (Wildman–Crippen LogP) is 1.47. The van der Waals surface area contributed by atoms with Crippen LogP contribution in [0.4, 0.5) is 0 Å². The molecule has 2 saturated carbocycles. The molecule has 4 nitrogen and oxygen atoms in total. The molecule has 0 aliphatic heterocycles. The maximum absolute atomic E-state index is 6.36. The molecule has 3 atom stereocenters. The third kappa shape index (κ3) is 1.44. The number of hydrogen-bond acceptors (Lipinski definition) is 3. The predicted molar refractivity (Wildman–Crippen MR) is 61.0 cm³/mol. The van der Waals surface area contributed by atoms with Crippen LogP contribution in [0.25, 0.3) is 0 Å². The minimum atomic E-state index is 0.0789. The van der Waals surface area contributed by atoms with Crippen molar-refractivity contribution in [2.75, 3.05) is 7.11 Å². The summed E-state index contributed by atoms with van der Waals surface area (Å²) in [6, 6.07) is 0.0789. The van der Waals surface area contributed by atoms with E-state index in [1.807, 2.05) is 11.7 Å². The van der Waals surface area contributed by atoms with Gasteiger partial charge in [0, 0.05) is 7.05 Å². The lowest BCUT2D eigenvalue weighted by molar-refractivity contribution is 0.359. The Kier molecular flexibility index (Phi) is 2.21. The van der Waals surface area contributed by atoms with Crippen LogP contribution in [0.15, 0.2) is 6.20 Å². The fourth-order valence-corrected chi connectivity index (χ4v) is 3.24. The average Bonchev–Trinajstić information content (AvgIpc) is 2.74. The van der Waals surface area contributed by atoms with Gasteiger partial charge in [-0.3, -0.25) is 4.68 Å². The van der Waals surface area contributed by atoms with Crippen LogP contribution >= 0.6 is 0 Å². The summed E-state index contributed by atoms with van der Waals surface area (Å²) in [7, 11) is 3.62. The molecule has 1 aromatic rings. The Labute approximate surface area is 95.8 Å². The van der Waals surface area contributed by atoms with E-state index < -0.39 is 0 Å². The fraction of sp³-hybridized carbons (Fsp3) is 0.750. The first-order chi connectivity index (χ1) is 7.70. The van der Waals surface area contributed by atoms with Crippen LogP contribution in [0.3, 0.4) is 0 Å². The van der Waals surface area contributed by atoms with Crippen LogP contribution in [0.2, 0.25) is 0 Å². The van der Waals surface area contributed by atoms with Gasteiger partial charge < -0.3 is 10.5 Å². The topological polar surface area (TPSA) is 53.1 Å². The summed E-state index contributed by atoms with van der Waals surface area (Å²) in [6.07, 6.45) is 5.77. The third-order valence-corrected chi connectivity index (χ3v) is 4.27. The maximum atomic E-state index is 6.36. The van der Waals surface area contributed by atoms with Crippen LogP contribution in [-0.2, 0) is 7.05 Å². The molecule has 1 aromatic heterocycles. The monoisotopic (exact) mass is 221 g/mol. The van der Waals surface area contributed by atoms with Gasteiger partial charge in [0.05, 0.1) is 25.0 Å². The lowest BCUT2D eigenvalue weighted by Crippen LogP contribution is -2.23. The minimum Gasteiger partial charge on any atom is -0.493 e. The number of rotatable bonds is 3. The number of nitrogens with zero attached hydrogens (tertiary/aromatic N) is 2. The summed E-state index contributed by atoms with van der Waals surface area (Å²) in [4.78, 5) is 0. The van der Waals surface area contributed by atoms with Crippen LogP contribution in [0, 0.1) is 17.8 Å². The van der Waals surface area contributed by atoms with Gasteiger partial charge >= 0.3 is 0 Å². The van der Waals surface area contributed by atoms with E-state index in [1.165, 1.54) is 19.3 Å². The van der Waals surface area contributed by atoms with Gasteiger partial charge in [-0.15, -0.1) is 0 Å². The van der Waals surface area contributed by atoms with E-state index in [2.05, 4.69) is 5.10 Å². The summed E-state index contributed by atoms with van der Waals surface area (Å²) in [5.41, 5.74) is 7.41. The Bertz CT molecular complexity index is 391. The van der Waals surface area contributed by atoms with Crippen molar-refractivity contribution in [2.45, 2.75) is 25.3 Å². The molecule has 0 saturated heterocycles. The van der Waals surface area contributed by atoms with Gasteiger partial charge in [-0.05, 0) is 37.0 Å². The van der Waals surface area contributed by atoms with Crippen molar-refractivity contribution >= 4 is 0 Å². The second-order valence-corrected chi connectivity index (χ2v) is 5.23. The van der Waals surface area contributed by atoms with Crippen molar-refractivity contribution < 1.29 is 4.74 Å². The van der Waals surface area contributed by atoms with Crippen molar-refractivity contribution in [2.24, 2.45) is 30.5 Å². The molecule has 4 heteroatoms. The molecule has 88 valence electrons. The summed E-state index contributed by atoms with van der Waals surface area (Å²) < 4.78 is 7.18. The number of nitrogens with two attached hydrogens (primary N) is 1. The zero-order valence-electron chi connectivity index (χ0n) is 9.89. The molecule has 16 heavy (non-hydrogen) atoms. The van der Waals surface area contributed by atoms with Crippen molar-refractivity contribution in [1.29, 1.82) is 0 Å². The van der Waals surface area contributed by atoms with Crippen molar-refractivity contribution in [3.05, 3.63) is 11.9 Å². The molecule has 2 aliphatic carbocycles. The largest absolute Gasteiger partial charge is 0.493 e. The van der Waals surface area contributed by atoms with Gasteiger partial charge in [-0.2, -0.15) is 5.10 Å². The SMILES string of the molecule is COc1cnn(C)c1C(N)C1CC2CC2C1. The fourth-order valence-electron chi connectivity index (χ4n) is 3.24. The third-order valence-electron chi connectivity index (χ3n) is 4.27. The molecule has 0 spiro atoms. The molecule has 0 radical (unpaired) electrons. The molecular weight excluding hydrogens is 202 g/mol. The second-order valence-electron chi connectivity index (χ2n) is 5.23. The first kappa shape index (κ1) is 10.1. The molecule has 2 fully saturated rings. The van der Waals surface area contributed by atoms with E-state index in [4.69, 9.17) is 10.5 Å². The Balaban J connectivity index is 1.82. The number of fused-ring (bicyclic) bond motifs is 1. The molecule has 0 aromatic carbocycles. The summed E-state index contributed by atoms with van der Waals surface area (Å²) in [5, 5.41) is 4.22. The van der Waals surface area contributed by atoms with E-state index in [0.717, 1.165) is 23.3 Å². The average molecular weight is 221 g/mol. The quantitative estimate of drug-likeness (QED) is 0.841. The van der Waals surface area contributed by atoms with Crippen LogP contribution in [0.1, 0.15) is 31.0 Å². The van der Waals surface area contributed by atoms with Gasteiger partial charge in [0.1, 0.15) is 0 Å². The van der Waals surface area contributed by atoms with E-state index in [9.17, 15) is 0 Å². The van der Waals surface area contributed by atoms with E-state index in [-0.39, 0.29) is 6.04 Å². The molecule has 0 amide bonds. The summed E-state index contributed by atoms with van der Waals surface area (Å²) in [5.74, 6) is 3.38. The van der Waals surface area contributed by atoms with Gasteiger partial charge in [0.25, 0.3) is 0 Å². The molecule has 3 rings (SSSR count). The molecular formula is C12H19N3O. The molecule has 2 N–H and O–H groups in total. The van der Waals surface area contributed by atoms with E-state index >= 15 is 0 Å². The van der Waals surface area contributed by atoms with Crippen LogP contribution in [-0.4, -0.2) is 16.9 Å². The molecule has 0 bridgehead atoms. The normalized spacial score (nSPS) is 33.6.